The molecule has 1 aromatic carbocycles. The Kier molecular flexibility index (Phi) is 4.59. The molecule has 1 amide bonds. The fraction of sp³-hybridized carbons (Fsp3) is 0.500. The van der Waals surface area contributed by atoms with Gasteiger partial charge < -0.3 is 15.7 Å². The van der Waals surface area contributed by atoms with Crippen molar-refractivity contribution in [3.8, 4) is 5.75 Å². The number of carbonyl (C=O) groups excluding carboxylic acids is 1. The second kappa shape index (κ2) is 6.40. The summed E-state index contributed by atoms with van der Waals surface area (Å²) < 4.78 is 0. The lowest BCUT2D eigenvalue weighted by molar-refractivity contribution is -0.121. The molecule has 1 aliphatic carbocycles. The van der Waals surface area contributed by atoms with Crippen LogP contribution in [0.2, 0.25) is 0 Å². The molecule has 0 heterocycles. The van der Waals surface area contributed by atoms with Crippen molar-refractivity contribution in [2.45, 2.75) is 38.3 Å². The summed E-state index contributed by atoms with van der Waals surface area (Å²) in [5.41, 5.74) is 0.889. The fourth-order valence-corrected chi connectivity index (χ4v) is 1.78. The zero-order valence-corrected chi connectivity index (χ0v) is 10.5. The summed E-state index contributed by atoms with van der Waals surface area (Å²) >= 11 is 0. The van der Waals surface area contributed by atoms with E-state index in [2.05, 4.69) is 10.6 Å². The van der Waals surface area contributed by atoms with Crippen molar-refractivity contribution in [3.63, 3.8) is 0 Å². The van der Waals surface area contributed by atoms with Gasteiger partial charge in [0.1, 0.15) is 5.75 Å². The van der Waals surface area contributed by atoms with Gasteiger partial charge in [-0.1, -0.05) is 18.2 Å². The Morgan fingerprint density at radius 3 is 2.83 bits per heavy atom. The van der Waals surface area contributed by atoms with Gasteiger partial charge >= 0.3 is 0 Å². The Bertz CT molecular complexity index is 403. The maximum atomic E-state index is 11.4. The van der Waals surface area contributed by atoms with Crippen LogP contribution in [0.3, 0.4) is 0 Å². The van der Waals surface area contributed by atoms with Crippen molar-refractivity contribution >= 4 is 5.91 Å². The number of hydrogen-bond acceptors (Lipinski definition) is 3. The van der Waals surface area contributed by atoms with Gasteiger partial charge in [-0.3, -0.25) is 4.79 Å². The number of hydrogen-bond donors (Lipinski definition) is 3. The van der Waals surface area contributed by atoms with Crippen LogP contribution in [0.25, 0.3) is 0 Å². The lowest BCUT2D eigenvalue weighted by Gasteiger charge is -2.07. The predicted octanol–water partition coefficient (Wildman–Crippen LogP) is 1.54. The van der Waals surface area contributed by atoms with E-state index in [-0.39, 0.29) is 5.91 Å². The number of benzene rings is 1. The molecule has 18 heavy (non-hydrogen) atoms. The number of amides is 1. The number of carbonyl (C=O) groups is 1. The highest BCUT2D eigenvalue weighted by Gasteiger charge is 2.22. The molecule has 0 aromatic heterocycles. The maximum Gasteiger partial charge on any atom is 0.220 e. The average molecular weight is 248 g/mol. The first-order valence-corrected chi connectivity index (χ1v) is 6.52. The number of phenols is 1. The van der Waals surface area contributed by atoms with Crippen LogP contribution in [0.15, 0.2) is 24.3 Å². The molecule has 1 aromatic rings. The SMILES string of the molecule is O=C(CCCNCc1ccccc1O)NC1CC1. The molecular formula is C14H20N2O2. The average Bonchev–Trinajstić information content (AvgIpc) is 3.15. The third-order valence-electron chi connectivity index (χ3n) is 3.01. The van der Waals surface area contributed by atoms with Crippen molar-refractivity contribution < 1.29 is 9.90 Å². The van der Waals surface area contributed by atoms with Crippen molar-refractivity contribution in [2.75, 3.05) is 6.54 Å². The Labute approximate surface area is 107 Å². The van der Waals surface area contributed by atoms with Gasteiger partial charge in [-0.05, 0) is 31.9 Å². The molecule has 0 aliphatic heterocycles. The monoisotopic (exact) mass is 248 g/mol. The number of aromatic hydroxyl groups is 1. The molecule has 0 bridgehead atoms. The summed E-state index contributed by atoms with van der Waals surface area (Å²) in [6, 6.07) is 7.73. The largest absolute Gasteiger partial charge is 0.508 e. The van der Waals surface area contributed by atoms with E-state index in [9.17, 15) is 9.90 Å². The molecule has 0 radical (unpaired) electrons. The van der Waals surface area contributed by atoms with E-state index in [0.29, 0.717) is 24.8 Å². The zero-order valence-electron chi connectivity index (χ0n) is 10.5. The third-order valence-corrected chi connectivity index (χ3v) is 3.01. The summed E-state index contributed by atoms with van der Waals surface area (Å²) in [5.74, 6) is 0.471. The molecule has 3 N–H and O–H groups in total. The van der Waals surface area contributed by atoms with E-state index in [1.807, 2.05) is 12.1 Å². The van der Waals surface area contributed by atoms with Gasteiger partial charge in [0, 0.05) is 24.6 Å². The highest BCUT2D eigenvalue weighted by atomic mass is 16.3. The van der Waals surface area contributed by atoms with E-state index in [4.69, 9.17) is 0 Å². The summed E-state index contributed by atoms with van der Waals surface area (Å²) in [7, 11) is 0. The molecule has 1 aliphatic rings. The Balaban J connectivity index is 1.55. The van der Waals surface area contributed by atoms with E-state index in [1.165, 1.54) is 0 Å². The second-order valence-corrected chi connectivity index (χ2v) is 4.75. The van der Waals surface area contributed by atoms with E-state index in [0.717, 1.165) is 31.4 Å². The van der Waals surface area contributed by atoms with Crippen LogP contribution in [0.1, 0.15) is 31.2 Å². The highest BCUT2D eigenvalue weighted by molar-refractivity contribution is 5.76. The van der Waals surface area contributed by atoms with Crippen LogP contribution < -0.4 is 10.6 Å². The van der Waals surface area contributed by atoms with Crippen LogP contribution >= 0.6 is 0 Å². The molecular weight excluding hydrogens is 228 g/mol. The Morgan fingerprint density at radius 1 is 1.33 bits per heavy atom. The quantitative estimate of drug-likeness (QED) is 0.641. The number of para-hydroxylation sites is 1. The molecule has 0 atom stereocenters. The molecule has 2 rings (SSSR count). The molecule has 4 nitrogen and oxygen atoms in total. The number of phenolic OH excluding ortho intramolecular Hbond substituents is 1. The Morgan fingerprint density at radius 2 is 2.11 bits per heavy atom. The summed E-state index contributed by atoms with van der Waals surface area (Å²) in [6.07, 6.45) is 3.67. The Hall–Kier alpha value is -1.55. The topological polar surface area (TPSA) is 61.4 Å². The van der Waals surface area contributed by atoms with Crippen molar-refractivity contribution in [1.82, 2.24) is 10.6 Å². The predicted molar refractivity (Wildman–Crippen MR) is 70.2 cm³/mol. The normalized spacial score (nSPS) is 14.4. The van der Waals surface area contributed by atoms with Gasteiger partial charge in [-0.25, -0.2) is 0 Å². The van der Waals surface area contributed by atoms with E-state index in [1.54, 1.807) is 12.1 Å². The summed E-state index contributed by atoms with van der Waals surface area (Å²) in [5, 5.41) is 15.7. The number of nitrogens with one attached hydrogen (secondary N) is 2. The van der Waals surface area contributed by atoms with E-state index >= 15 is 0 Å². The highest BCUT2D eigenvalue weighted by Crippen LogP contribution is 2.18. The molecule has 4 heteroatoms. The van der Waals surface area contributed by atoms with Crippen LogP contribution in [0, 0.1) is 0 Å². The van der Waals surface area contributed by atoms with Crippen molar-refractivity contribution in [1.29, 1.82) is 0 Å². The zero-order chi connectivity index (χ0) is 12.8. The van der Waals surface area contributed by atoms with Gasteiger partial charge in [-0.15, -0.1) is 0 Å². The summed E-state index contributed by atoms with van der Waals surface area (Å²) in [4.78, 5) is 11.4. The summed E-state index contributed by atoms with van der Waals surface area (Å²) in [6.45, 7) is 1.42. The minimum atomic E-state index is 0.154. The van der Waals surface area contributed by atoms with Crippen LogP contribution in [0.5, 0.6) is 5.75 Å². The molecule has 0 spiro atoms. The van der Waals surface area contributed by atoms with Gasteiger partial charge in [0.2, 0.25) is 5.91 Å². The first-order valence-electron chi connectivity index (χ1n) is 6.52. The lowest BCUT2D eigenvalue weighted by Crippen LogP contribution is -2.26. The molecule has 1 saturated carbocycles. The fourth-order valence-electron chi connectivity index (χ4n) is 1.78. The standard InChI is InChI=1S/C14H20N2O2/c17-13-5-2-1-4-11(13)10-15-9-3-6-14(18)16-12-7-8-12/h1-2,4-5,12,15,17H,3,6-10H2,(H,16,18). The first kappa shape index (κ1) is 12.9. The minimum Gasteiger partial charge on any atom is -0.508 e. The van der Waals surface area contributed by atoms with Crippen LogP contribution in [-0.2, 0) is 11.3 Å². The number of rotatable bonds is 7. The molecule has 0 saturated heterocycles. The molecule has 98 valence electrons. The lowest BCUT2D eigenvalue weighted by atomic mass is 10.2. The van der Waals surface area contributed by atoms with Gasteiger partial charge in [-0.2, -0.15) is 0 Å². The first-order chi connectivity index (χ1) is 8.75. The van der Waals surface area contributed by atoms with Gasteiger partial charge in [0.25, 0.3) is 0 Å². The molecule has 0 unspecified atom stereocenters. The smallest absolute Gasteiger partial charge is 0.220 e. The second-order valence-electron chi connectivity index (χ2n) is 4.75. The third kappa shape index (κ3) is 4.37. The maximum absolute atomic E-state index is 11.4. The van der Waals surface area contributed by atoms with E-state index < -0.39 is 0 Å². The van der Waals surface area contributed by atoms with Crippen molar-refractivity contribution in [2.24, 2.45) is 0 Å². The van der Waals surface area contributed by atoms with Crippen molar-refractivity contribution in [3.05, 3.63) is 29.8 Å². The van der Waals surface area contributed by atoms with Crippen LogP contribution in [-0.4, -0.2) is 23.6 Å². The van der Waals surface area contributed by atoms with Crippen LogP contribution in [0.4, 0.5) is 0 Å². The van der Waals surface area contributed by atoms with Gasteiger partial charge in [0.15, 0.2) is 0 Å². The minimum absolute atomic E-state index is 0.154. The van der Waals surface area contributed by atoms with Gasteiger partial charge in [0.05, 0.1) is 0 Å². The molecule has 1 fully saturated rings.